The van der Waals surface area contributed by atoms with Gasteiger partial charge in [-0.25, -0.2) is 0 Å². The number of aliphatic hydroxyl groups is 1. The van der Waals surface area contributed by atoms with Crippen molar-refractivity contribution in [3.63, 3.8) is 0 Å². The molecule has 0 rings (SSSR count). The van der Waals surface area contributed by atoms with Gasteiger partial charge in [-0.15, -0.1) is 0 Å². The van der Waals surface area contributed by atoms with Gasteiger partial charge in [-0.2, -0.15) is 0 Å². The van der Waals surface area contributed by atoms with Gasteiger partial charge in [0.15, 0.2) is 8.32 Å². The van der Waals surface area contributed by atoms with Crippen LogP contribution in [0.3, 0.4) is 0 Å². The van der Waals surface area contributed by atoms with Crippen molar-refractivity contribution in [3.8, 4) is 0 Å². The molecule has 0 aliphatic rings. The summed E-state index contributed by atoms with van der Waals surface area (Å²) in [7, 11) is -1.57. The smallest absolute Gasteiger partial charge is 0.191 e. The molecule has 0 radical (unpaired) electrons. The first-order valence-corrected chi connectivity index (χ1v) is 10.9. The van der Waals surface area contributed by atoms with Crippen LogP contribution in [0.1, 0.15) is 72.6 Å². The molecule has 0 spiro atoms. The largest absolute Gasteiger partial charge is 0.417 e. The van der Waals surface area contributed by atoms with Crippen molar-refractivity contribution in [2.24, 2.45) is 0 Å². The van der Waals surface area contributed by atoms with Crippen molar-refractivity contribution in [1.82, 2.24) is 0 Å². The zero-order valence-electron chi connectivity index (χ0n) is 14.1. The van der Waals surface area contributed by atoms with Crippen molar-refractivity contribution in [1.29, 1.82) is 0 Å². The van der Waals surface area contributed by atoms with Crippen LogP contribution in [-0.4, -0.2) is 26.1 Å². The van der Waals surface area contributed by atoms with E-state index in [0.717, 1.165) is 38.7 Å². The Balaban J connectivity index is 3.60. The zero-order chi connectivity index (χ0) is 14.9. The highest BCUT2D eigenvalue weighted by atomic mass is 28.4. The van der Waals surface area contributed by atoms with Crippen LogP contribution in [0, 0.1) is 0 Å². The van der Waals surface area contributed by atoms with Crippen molar-refractivity contribution >= 4 is 8.32 Å². The maximum atomic E-state index is 9.83. The van der Waals surface area contributed by atoms with E-state index in [0.29, 0.717) is 5.04 Å². The van der Waals surface area contributed by atoms with E-state index in [9.17, 15) is 5.11 Å². The molecule has 19 heavy (non-hydrogen) atoms. The van der Waals surface area contributed by atoms with Crippen LogP contribution in [0.25, 0.3) is 0 Å². The Morgan fingerprint density at radius 2 is 1.53 bits per heavy atom. The lowest BCUT2D eigenvalue weighted by atomic mass is 10.1. The molecule has 0 saturated heterocycles. The topological polar surface area (TPSA) is 29.5 Å². The first kappa shape index (κ1) is 19.1. The number of aliphatic hydroxyl groups excluding tert-OH is 1. The fourth-order valence-electron chi connectivity index (χ4n) is 1.80. The van der Waals surface area contributed by atoms with E-state index in [1.165, 1.54) is 12.8 Å². The summed E-state index contributed by atoms with van der Waals surface area (Å²) in [5.74, 6) is 0. The summed E-state index contributed by atoms with van der Waals surface area (Å²) in [6.45, 7) is 14.5. The molecule has 0 amide bonds. The van der Waals surface area contributed by atoms with Gasteiger partial charge < -0.3 is 9.53 Å². The van der Waals surface area contributed by atoms with Gasteiger partial charge in [0.05, 0.1) is 6.10 Å². The fourth-order valence-corrected chi connectivity index (χ4v) is 2.89. The standard InChI is InChI=1S/C16H36O2Si/c1-7-8-9-12-15(17)13-10-11-14-18-19(5,6)16(2,3)4/h15,17H,7-14H2,1-6H3. The lowest BCUT2D eigenvalue weighted by molar-refractivity contribution is 0.144. The fraction of sp³-hybridized carbons (Fsp3) is 1.00. The summed E-state index contributed by atoms with van der Waals surface area (Å²) in [4.78, 5) is 0. The second-order valence-electron chi connectivity index (χ2n) is 7.25. The van der Waals surface area contributed by atoms with Crippen molar-refractivity contribution in [2.45, 2.75) is 96.9 Å². The highest BCUT2D eigenvalue weighted by Gasteiger charge is 2.36. The molecule has 0 aliphatic heterocycles. The Kier molecular flexibility index (Phi) is 9.21. The molecule has 0 heterocycles. The average molecular weight is 289 g/mol. The Hall–Kier alpha value is 0.137. The van der Waals surface area contributed by atoms with Gasteiger partial charge in [-0.1, -0.05) is 47.0 Å². The molecule has 0 aromatic rings. The summed E-state index contributed by atoms with van der Waals surface area (Å²) in [5.41, 5.74) is 0. The van der Waals surface area contributed by atoms with Crippen LogP contribution in [0.15, 0.2) is 0 Å². The lowest BCUT2D eigenvalue weighted by Gasteiger charge is -2.36. The van der Waals surface area contributed by atoms with Gasteiger partial charge in [0.2, 0.25) is 0 Å². The van der Waals surface area contributed by atoms with Gasteiger partial charge in [0, 0.05) is 6.61 Å². The molecule has 3 heteroatoms. The molecular formula is C16H36O2Si. The molecule has 116 valence electrons. The molecule has 0 bridgehead atoms. The van der Waals surface area contributed by atoms with Crippen LogP contribution >= 0.6 is 0 Å². The molecule has 0 fully saturated rings. The molecule has 0 saturated carbocycles. The third kappa shape index (κ3) is 8.82. The highest BCUT2D eigenvalue weighted by molar-refractivity contribution is 6.74. The molecule has 1 unspecified atom stereocenters. The number of hydrogen-bond acceptors (Lipinski definition) is 2. The minimum Gasteiger partial charge on any atom is -0.417 e. The normalized spacial score (nSPS) is 14.7. The van der Waals surface area contributed by atoms with E-state index in [2.05, 4.69) is 40.8 Å². The molecule has 1 N–H and O–H groups in total. The van der Waals surface area contributed by atoms with Crippen LogP contribution in [0.4, 0.5) is 0 Å². The quantitative estimate of drug-likeness (QED) is 0.446. The third-order valence-electron chi connectivity index (χ3n) is 4.34. The van der Waals surface area contributed by atoms with E-state index in [4.69, 9.17) is 4.43 Å². The van der Waals surface area contributed by atoms with Crippen molar-refractivity contribution in [2.75, 3.05) is 6.61 Å². The summed E-state index contributed by atoms with van der Waals surface area (Å²) < 4.78 is 6.13. The second-order valence-corrected chi connectivity index (χ2v) is 12.1. The predicted octanol–water partition coefficient (Wildman–Crippen LogP) is 5.12. The van der Waals surface area contributed by atoms with Crippen LogP contribution in [-0.2, 0) is 4.43 Å². The number of rotatable bonds is 10. The van der Waals surface area contributed by atoms with E-state index in [1.807, 2.05) is 0 Å². The van der Waals surface area contributed by atoms with Crippen LogP contribution in [0.2, 0.25) is 18.1 Å². The Morgan fingerprint density at radius 1 is 1.00 bits per heavy atom. The SMILES string of the molecule is CCCCCC(O)CCCCO[Si](C)(C)C(C)(C)C. The van der Waals surface area contributed by atoms with Crippen molar-refractivity contribution < 1.29 is 9.53 Å². The van der Waals surface area contributed by atoms with Crippen LogP contribution in [0.5, 0.6) is 0 Å². The van der Waals surface area contributed by atoms with Crippen molar-refractivity contribution in [3.05, 3.63) is 0 Å². The van der Waals surface area contributed by atoms with Gasteiger partial charge in [-0.05, 0) is 43.8 Å². The van der Waals surface area contributed by atoms with E-state index < -0.39 is 8.32 Å². The third-order valence-corrected chi connectivity index (χ3v) is 8.88. The number of hydrogen-bond donors (Lipinski definition) is 1. The van der Waals surface area contributed by atoms with E-state index in [1.54, 1.807) is 0 Å². The molecule has 0 aliphatic carbocycles. The monoisotopic (exact) mass is 288 g/mol. The number of unbranched alkanes of at least 4 members (excludes halogenated alkanes) is 3. The molecule has 2 nitrogen and oxygen atoms in total. The minimum absolute atomic E-state index is 0.0978. The second kappa shape index (κ2) is 9.14. The average Bonchev–Trinajstić information content (AvgIpc) is 2.27. The first-order valence-electron chi connectivity index (χ1n) is 8.02. The summed E-state index contributed by atoms with van der Waals surface area (Å²) in [6, 6.07) is 0. The van der Waals surface area contributed by atoms with E-state index in [-0.39, 0.29) is 6.10 Å². The van der Waals surface area contributed by atoms with E-state index >= 15 is 0 Å². The maximum absolute atomic E-state index is 9.83. The Morgan fingerprint density at radius 3 is 2.00 bits per heavy atom. The van der Waals surface area contributed by atoms with Gasteiger partial charge in [0.1, 0.15) is 0 Å². The predicted molar refractivity (Wildman–Crippen MR) is 87.1 cm³/mol. The summed E-state index contributed by atoms with van der Waals surface area (Å²) in [5, 5.41) is 10.1. The molecule has 0 aromatic heterocycles. The minimum atomic E-state index is -1.57. The Labute approximate surface area is 122 Å². The van der Waals surface area contributed by atoms with Crippen LogP contribution < -0.4 is 0 Å². The molecule has 1 atom stereocenters. The van der Waals surface area contributed by atoms with Gasteiger partial charge in [0.25, 0.3) is 0 Å². The molecular weight excluding hydrogens is 252 g/mol. The Bertz CT molecular complexity index is 221. The summed E-state index contributed by atoms with van der Waals surface area (Å²) >= 11 is 0. The summed E-state index contributed by atoms with van der Waals surface area (Å²) in [6.07, 6.45) is 7.61. The zero-order valence-corrected chi connectivity index (χ0v) is 15.1. The first-order chi connectivity index (χ1) is 8.70. The molecule has 0 aromatic carbocycles. The highest BCUT2D eigenvalue weighted by Crippen LogP contribution is 2.36. The lowest BCUT2D eigenvalue weighted by Crippen LogP contribution is -2.40. The van der Waals surface area contributed by atoms with Gasteiger partial charge in [-0.3, -0.25) is 0 Å². The maximum Gasteiger partial charge on any atom is 0.191 e. The van der Waals surface area contributed by atoms with Gasteiger partial charge >= 0.3 is 0 Å².